The summed E-state index contributed by atoms with van der Waals surface area (Å²) in [7, 11) is 0. The minimum absolute atomic E-state index is 0.262. The Morgan fingerprint density at radius 1 is 1.28 bits per heavy atom. The number of rotatable bonds is 4. The predicted molar refractivity (Wildman–Crippen MR) is 76.6 cm³/mol. The molecule has 0 bridgehead atoms. The topological polar surface area (TPSA) is 38.0 Å². The lowest BCUT2D eigenvalue weighted by Crippen LogP contribution is -2.02. The van der Waals surface area contributed by atoms with Gasteiger partial charge in [-0.2, -0.15) is 0 Å². The van der Waals surface area contributed by atoms with Crippen LogP contribution in [-0.4, -0.2) is 0 Å². The molecular formula is C14H17FN2S. The number of nitrogens with two attached hydrogens (primary N) is 1. The molecule has 18 heavy (non-hydrogen) atoms. The van der Waals surface area contributed by atoms with E-state index < -0.39 is 0 Å². The van der Waals surface area contributed by atoms with Crippen molar-refractivity contribution in [2.75, 3.05) is 11.1 Å². The third kappa shape index (κ3) is 2.82. The molecular weight excluding hydrogens is 247 g/mol. The van der Waals surface area contributed by atoms with E-state index in [9.17, 15) is 4.39 Å². The molecule has 0 fully saturated rings. The van der Waals surface area contributed by atoms with Crippen LogP contribution in [0.2, 0.25) is 0 Å². The summed E-state index contributed by atoms with van der Waals surface area (Å²) in [5.74, 6) is -0.262. The number of nitrogen functional groups attached to an aromatic ring is 1. The average Bonchev–Trinajstić information content (AvgIpc) is 2.80. The number of halogens is 1. The van der Waals surface area contributed by atoms with E-state index in [1.165, 1.54) is 15.8 Å². The van der Waals surface area contributed by atoms with E-state index in [0.717, 1.165) is 18.7 Å². The zero-order valence-corrected chi connectivity index (χ0v) is 11.4. The van der Waals surface area contributed by atoms with E-state index in [-0.39, 0.29) is 5.82 Å². The van der Waals surface area contributed by atoms with Crippen LogP contribution < -0.4 is 11.1 Å². The average molecular weight is 264 g/mol. The monoisotopic (exact) mass is 264 g/mol. The van der Waals surface area contributed by atoms with Crippen LogP contribution in [0.15, 0.2) is 24.3 Å². The SMILES string of the molecule is CCc1ccc(CNc2cc(C)c(F)cc2N)s1. The van der Waals surface area contributed by atoms with Crippen molar-refractivity contribution >= 4 is 22.7 Å². The second kappa shape index (κ2) is 5.40. The fraction of sp³-hybridized carbons (Fsp3) is 0.286. The molecule has 1 aromatic carbocycles. The van der Waals surface area contributed by atoms with E-state index in [0.29, 0.717) is 11.3 Å². The van der Waals surface area contributed by atoms with Crippen molar-refractivity contribution in [2.24, 2.45) is 0 Å². The first-order valence-corrected chi connectivity index (χ1v) is 6.79. The normalized spacial score (nSPS) is 10.6. The molecule has 0 aliphatic heterocycles. The Morgan fingerprint density at radius 3 is 2.67 bits per heavy atom. The Morgan fingerprint density at radius 2 is 2.00 bits per heavy atom. The van der Waals surface area contributed by atoms with E-state index in [2.05, 4.69) is 24.4 Å². The molecule has 1 heterocycles. The number of nitrogens with one attached hydrogen (secondary N) is 1. The maximum atomic E-state index is 13.3. The molecule has 0 saturated heterocycles. The van der Waals surface area contributed by atoms with Crippen molar-refractivity contribution in [1.82, 2.24) is 0 Å². The fourth-order valence-corrected chi connectivity index (χ4v) is 2.64. The van der Waals surface area contributed by atoms with Crippen molar-refractivity contribution in [3.05, 3.63) is 45.4 Å². The molecule has 2 nitrogen and oxygen atoms in total. The number of anilines is 2. The quantitative estimate of drug-likeness (QED) is 0.820. The third-order valence-electron chi connectivity index (χ3n) is 2.85. The molecule has 96 valence electrons. The van der Waals surface area contributed by atoms with Gasteiger partial charge in [-0.25, -0.2) is 4.39 Å². The highest BCUT2D eigenvalue weighted by Crippen LogP contribution is 2.24. The van der Waals surface area contributed by atoms with Crippen LogP contribution in [0.5, 0.6) is 0 Å². The second-order valence-electron chi connectivity index (χ2n) is 4.26. The van der Waals surface area contributed by atoms with E-state index >= 15 is 0 Å². The lowest BCUT2D eigenvalue weighted by Gasteiger charge is -2.10. The van der Waals surface area contributed by atoms with Gasteiger partial charge in [0.2, 0.25) is 0 Å². The highest BCUT2D eigenvalue weighted by molar-refractivity contribution is 7.12. The molecule has 0 unspecified atom stereocenters. The third-order valence-corrected chi connectivity index (χ3v) is 4.08. The summed E-state index contributed by atoms with van der Waals surface area (Å²) in [5, 5.41) is 3.25. The maximum absolute atomic E-state index is 13.3. The zero-order valence-electron chi connectivity index (χ0n) is 10.6. The summed E-state index contributed by atoms with van der Waals surface area (Å²) in [6.07, 6.45) is 1.06. The molecule has 0 aliphatic carbocycles. The first kappa shape index (κ1) is 12.9. The number of benzene rings is 1. The minimum atomic E-state index is -0.262. The smallest absolute Gasteiger partial charge is 0.128 e. The van der Waals surface area contributed by atoms with Crippen molar-refractivity contribution in [3.8, 4) is 0 Å². The minimum Gasteiger partial charge on any atom is -0.397 e. The Kier molecular flexibility index (Phi) is 3.87. The largest absolute Gasteiger partial charge is 0.397 e. The van der Waals surface area contributed by atoms with Crippen LogP contribution in [0, 0.1) is 12.7 Å². The number of hydrogen-bond acceptors (Lipinski definition) is 3. The van der Waals surface area contributed by atoms with Crippen LogP contribution in [0.4, 0.5) is 15.8 Å². The van der Waals surface area contributed by atoms with Gasteiger partial charge < -0.3 is 11.1 Å². The van der Waals surface area contributed by atoms with Crippen molar-refractivity contribution in [2.45, 2.75) is 26.8 Å². The molecule has 0 amide bonds. The molecule has 3 N–H and O–H groups in total. The Bertz CT molecular complexity index is 549. The van der Waals surface area contributed by atoms with E-state index in [1.54, 1.807) is 24.3 Å². The lowest BCUT2D eigenvalue weighted by atomic mass is 10.2. The highest BCUT2D eigenvalue weighted by Gasteiger charge is 2.05. The molecule has 0 aliphatic rings. The van der Waals surface area contributed by atoms with Gasteiger partial charge in [-0.15, -0.1) is 11.3 Å². The maximum Gasteiger partial charge on any atom is 0.128 e. The summed E-state index contributed by atoms with van der Waals surface area (Å²) >= 11 is 1.79. The standard InChI is InChI=1S/C14H17FN2S/c1-3-10-4-5-11(18-10)8-17-14-6-9(2)12(15)7-13(14)16/h4-7,17H,3,8,16H2,1-2H3. The molecule has 0 spiro atoms. The highest BCUT2D eigenvalue weighted by atomic mass is 32.1. The van der Waals surface area contributed by atoms with Gasteiger partial charge in [-0.3, -0.25) is 0 Å². The van der Waals surface area contributed by atoms with E-state index in [4.69, 9.17) is 5.73 Å². The molecule has 0 saturated carbocycles. The second-order valence-corrected chi connectivity index (χ2v) is 5.52. The molecule has 2 rings (SSSR count). The van der Waals surface area contributed by atoms with Gasteiger partial charge in [0.1, 0.15) is 5.82 Å². The molecule has 4 heteroatoms. The van der Waals surface area contributed by atoms with Gasteiger partial charge in [0.15, 0.2) is 0 Å². The van der Waals surface area contributed by atoms with Gasteiger partial charge in [-0.1, -0.05) is 6.92 Å². The number of aryl methyl sites for hydroxylation is 2. The van der Waals surface area contributed by atoms with Gasteiger partial charge in [0.05, 0.1) is 11.4 Å². The van der Waals surface area contributed by atoms with E-state index in [1.807, 2.05) is 0 Å². The van der Waals surface area contributed by atoms with Crippen molar-refractivity contribution < 1.29 is 4.39 Å². The van der Waals surface area contributed by atoms with Gasteiger partial charge in [-0.05, 0) is 43.2 Å². The van der Waals surface area contributed by atoms with Crippen LogP contribution >= 0.6 is 11.3 Å². The fourth-order valence-electron chi connectivity index (χ4n) is 1.74. The van der Waals surface area contributed by atoms with Crippen molar-refractivity contribution in [3.63, 3.8) is 0 Å². The summed E-state index contributed by atoms with van der Waals surface area (Å²) < 4.78 is 13.3. The van der Waals surface area contributed by atoms with Gasteiger partial charge in [0, 0.05) is 16.3 Å². The molecule has 0 radical (unpaired) electrons. The predicted octanol–water partition coefficient (Wildman–Crippen LogP) is 3.95. The lowest BCUT2D eigenvalue weighted by molar-refractivity contribution is 0.619. The number of thiophene rings is 1. The summed E-state index contributed by atoms with van der Waals surface area (Å²) in [5.41, 5.74) is 7.63. The molecule has 0 atom stereocenters. The van der Waals surface area contributed by atoms with Crippen LogP contribution in [0.25, 0.3) is 0 Å². The summed E-state index contributed by atoms with van der Waals surface area (Å²) in [4.78, 5) is 2.63. The molecule has 1 aromatic heterocycles. The van der Waals surface area contributed by atoms with Crippen molar-refractivity contribution in [1.29, 1.82) is 0 Å². The summed E-state index contributed by atoms with van der Waals surface area (Å²) in [6.45, 7) is 4.60. The first-order chi connectivity index (χ1) is 8.60. The zero-order chi connectivity index (χ0) is 13.1. The Balaban J connectivity index is 2.08. The first-order valence-electron chi connectivity index (χ1n) is 5.97. The van der Waals surface area contributed by atoms with Crippen LogP contribution in [0.3, 0.4) is 0 Å². The Hall–Kier alpha value is -1.55. The molecule has 2 aromatic rings. The van der Waals surface area contributed by atoms with Crippen LogP contribution in [0.1, 0.15) is 22.2 Å². The van der Waals surface area contributed by atoms with Gasteiger partial charge in [0.25, 0.3) is 0 Å². The van der Waals surface area contributed by atoms with Gasteiger partial charge >= 0.3 is 0 Å². The summed E-state index contributed by atoms with van der Waals surface area (Å²) in [6, 6.07) is 7.37. The Labute approximate surface area is 111 Å². The van der Waals surface area contributed by atoms with Crippen LogP contribution in [-0.2, 0) is 13.0 Å². The number of hydrogen-bond donors (Lipinski definition) is 2.